The van der Waals surface area contributed by atoms with Crippen molar-refractivity contribution in [3.63, 3.8) is 0 Å². The summed E-state index contributed by atoms with van der Waals surface area (Å²) in [5, 5.41) is 11.8. The second kappa shape index (κ2) is 6.74. The van der Waals surface area contributed by atoms with Gasteiger partial charge in [0.1, 0.15) is 5.60 Å². The largest absolute Gasteiger partial charge is 0.444 e. The minimum atomic E-state index is -0.800. The Bertz CT molecular complexity index is 505. The molecule has 0 aromatic heterocycles. The number of hydrogen-bond acceptors (Lipinski definition) is 3. The molecule has 0 aliphatic rings. The van der Waals surface area contributed by atoms with Gasteiger partial charge in [0.05, 0.1) is 22.1 Å². The molecule has 0 radical (unpaired) electrons. The topological polar surface area (TPSA) is 58.6 Å². The first kappa shape index (κ1) is 17.2. The van der Waals surface area contributed by atoms with Crippen LogP contribution in [0.15, 0.2) is 16.6 Å². The van der Waals surface area contributed by atoms with Crippen LogP contribution in [0.3, 0.4) is 0 Å². The van der Waals surface area contributed by atoms with Gasteiger partial charge in [-0.2, -0.15) is 0 Å². The Morgan fingerprint density at radius 3 is 2.65 bits per heavy atom. The molecule has 0 saturated heterocycles. The summed E-state index contributed by atoms with van der Waals surface area (Å²) in [4.78, 5) is 11.7. The first-order valence-electron chi connectivity index (χ1n) is 5.89. The van der Waals surface area contributed by atoms with E-state index in [1.165, 1.54) is 12.1 Å². The number of nitrogens with one attached hydrogen (secondary N) is 1. The Balaban J connectivity index is 2.92. The van der Waals surface area contributed by atoms with Crippen molar-refractivity contribution in [1.82, 2.24) is 5.32 Å². The van der Waals surface area contributed by atoms with Crippen LogP contribution < -0.4 is 5.32 Å². The average molecular weight is 369 g/mol. The maximum absolute atomic E-state index is 13.7. The van der Waals surface area contributed by atoms with E-state index in [9.17, 15) is 14.3 Å². The fourth-order valence-electron chi connectivity index (χ4n) is 1.48. The van der Waals surface area contributed by atoms with E-state index in [0.717, 1.165) is 0 Å². The van der Waals surface area contributed by atoms with Crippen molar-refractivity contribution in [1.29, 1.82) is 0 Å². The van der Waals surface area contributed by atoms with Crippen LogP contribution in [-0.4, -0.2) is 23.4 Å². The van der Waals surface area contributed by atoms with E-state index in [1.807, 2.05) is 0 Å². The molecule has 1 atom stereocenters. The van der Waals surface area contributed by atoms with Crippen molar-refractivity contribution in [2.24, 2.45) is 0 Å². The van der Waals surface area contributed by atoms with Gasteiger partial charge in [0.2, 0.25) is 0 Å². The number of aliphatic hydroxyl groups is 1. The van der Waals surface area contributed by atoms with Gasteiger partial charge in [-0.1, -0.05) is 17.7 Å². The van der Waals surface area contributed by atoms with Gasteiger partial charge < -0.3 is 15.2 Å². The van der Waals surface area contributed by atoms with E-state index in [4.69, 9.17) is 16.3 Å². The van der Waals surface area contributed by atoms with Gasteiger partial charge in [0.25, 0.3) is 0 Å². The standard InChI is InChI=1S/C13H16BrClFNO3/c1-13(2,3)20-12(19)17-9(6-18)7-4-5-8(15)11(16)10(7)14/h4-5,9,18H,6H2,1-3H3,(H,17,19)/t9-/m1/s1. The predicted molar refractivity (Wildman–Crippen MR) is 78.3 cm³/mol. The van der Waals surface area contributed by atoms with E-state index in [1.54, 1.807) is 20.8 Å². The first-order chi connectivity index (χ1) is 9.15. The summed E-state index contributed by atoms with van der Waals surface area (Å²) in [6, 6.07) is 2.08. The van der Waals surface area contributed by atoms with Crippen LogP contribution in [0.25, 0.3) is 0 Å². The molecule has 1 amide bonds. The van der Waals surface area contributed by atoms with Gasteiger partial charge in [-0.05, 0) is 48.3 Å². The summed E-state index contributed by atoms with van der Waals surface area (Å²) in [7, 11) is 0. The Hall–Kier alpha value is -0.850. The molecule has 112 valence electrons. The van der Waals surface area contributed by atoms with Gasteiger partial charge in [-0.15, -0.1) is 0 Å². The Labute approximate surface area is 130 Å². The van der Waals surface area contributed by atoms with Crippen molar-refractivity contribution in [2.45, 2.75) is 32.4 Å². The SMILES string of the molecule is CC(C)(C)OC(=O)N[C@H](CO)c1ccc(Cl)c(F)c1Br. The minimum Gasteiger partial charge on any atom is -0.444 e. The Kier molecular flexibility index (Phi) is 5.79. The fourth-order valence-corrected chi connectivity index (χ4v) is 2.38. The summed E-state index contributed by atoms with van der Waals surface area (Å²) >= 11 is 8.71. The summed E-state index contributed by atoms with van der Waals surface area (Å²) < 4.78 is 18.9. The molecule has 0 heterocycles. The zero-order valence-corrected chi connectivity index (χ0v) is 13.7. The number of amides is 1. The summed E-state index contributed by atoms with van der Waals surface area (Å²) in [5.41, 5.74) is -0.285. The zero-order valence-electron chi connectivity index (χ0n) is 11.3. The molecule has 7 heteroatoms. The van der Waals surface area contributed by atoms with Gasteiger partial charge in [0, 0.05) is 0 Å². The third-order valence-electron chi connectivity index (χ3n) is 2.31. The molecular formula is C13H16BrClFNO3. The molecule has 0 spiro atoms. The van der Waals surface area contributed by atoms with Crippen molar-refractivity contribution in [3.8, 4) is 0 Å². The number of hydrogen-bond donors (Lipinski definition) is 2. The third kappa shape index (κ3) is 4.61. The number of rotatable bonds is 3. The van der Waals surface area contributed by atoms with Gasteiger partial charge in [-0.3, -0.25) is 0 Å². The Morgan fingerprint density at radius 2 is 2.15 bits per heavy atom. The lowest BCUT2D eigenvalue weighted by Gasteiger charge is -2.23. The lowest BCUT2D eigenvalue weighted by molar-refractivity contribution is 0.0481. The second-order valence-electron chi connectivity index (χ2n) is 5.15. The van der Waals surface area contributed by atoms with Crippen LogP contribution in [0.1, 0.15) is 32.4 Å². The first-order valence-corrected chi connectivity index (χ1v) is 7.06. The van der Waals surface area contributed by atoms with Crippen molar-refractivity contribution >= 4 is 33.6 Å². The molecule has 0 unspecified atom stereocenters. The number of halogens is 3. The van der Waals surface area contributed by atoms with Gasteiger partial charge in [-0.25, -0.2) is 9.18 Å². The highest BCUT2D eigenvalue weighted by Crippen LogP contribution is 2.30. The van der Waals surface area contributed by atoms with E-state index in [0.29, 0.717) is 5.56 Å². The number of alkyl carbamates (subject to hydrolysis) is 1. The van der Waals surface area contributed by atoms with E-state index in [-0.39, 0.29) is 9.50 Å². The predicted octanol–water partition coefficient (Wildman–Crippen LogP) is 3.80. The molecule has 1 aromatic rings. The van der Waals surface area contributed by atoms with Crippen LogP contribution in [0.4, 0.5) is 9.18 Å². The third-order valence-corrected chi connectivity index (χ3v) is 3.41. The molecule has 20 heavy (non-hydrogen) atoms. The lowest BCUT2D eigenvalue weighted by Crippen LogP contribution is -2.36. The average Bonchev–Trinajstić information content (AvgIpc) is 2.32. The minimum absolute atomic E-state index is 0.0467. The summed E-state index contributed by atoms with van der Waals surface area (Å²) in [6.07, 6.45) is -0.696. The molecule has 0 aliphatic heterocycles. The fraction of sp³-hybridized carbons (Fsp3) is 0.462. The maximum Gasteiger partial charge on any atom is 0.408 e. The van der Waals surface area contributed by atoms with E-state index < -0.39 is 30.2 Å². The molecule has 4 nitrogen and oxygen atoms in total. The zero-order chi connectivity index (χ0) is 15.5. The molecule has 1 aromatic carbocycles. The quantitative estimate of drug-likeness (QED) is 0.798. The van der Waals surface area contributed by atoms with Crippen molar-refractivity contribution < 1.29 is 19.0 Å². The number of carbonyl (C=O) groups excluding carboxylic acids is 1. The van der Waals surface area contributed by atoms with Gasteiger partial charge >= 0.3 is 6.09 Å². The maximum atomic E-state index is 13.7. The number of aliphatic hydroxyl groups excluding tert-OH is 1. The molecule has 2 N–H and O–H groups in total. The highest BCUT2D eigenvalue weighted by molar-refractivity contribution is 9.10. The monoisotopic (exact) mass is 367 g/mol. The summed E-state index contributed by atoms with van der Waals surface area (Å²) in [5.74, 6) is -0.645. The van der Waals surface area contributed by atoms with Crippen LogP contribution in [0, 0.1) is 5.82 Å². The van der Waals surface area contributed by atoms with Crippen LogP contribution >= 0.6 is 27.5 Å². The normalized spacial score (nSPS) is 12.9. The highest BCUT2D eigenvalue weighted by Gasteiger charge is 2.23. The van der Waals surface area contributed by atoms with Crippen LogP contribution in [0.5, 0.6) is 0 Å². The molecular weight excluding hydrogens is 353 g/mol. The molecule has 0 saturated carbocycles. The van der Waals surface area contributed by atoms with E-state index in [2.05, 4.69) is 21.2 Å². The number of benzene rings is 1. The molecule has 0 fully saturated rings. The molecule has 0 bridgehead atoms. The van der Waals surface area contributed by atoms with Crippen LogP contribution in [0.2, 0.25) is 5.02 Å². The second-order valence-corrected chi connectivity index (χ2v) is 6.35. The number of carbonyl (C=O) groups is 1. The lowest BCUT2D eigenvalue weighted by atomic mass is 10.1. The van der Waals surface area contributed by atoms with Crippen molar-refractivity contribution in [2.75, 3.05) is 6.61 Å². The van der Waals surface area contributed by atoms with Crippen molar-refractivity contribution in [3.05, 3.63) is 33.0 Å². The highest BCUT2D eigenvalue weighted by atomic mass is 79.9. The summed E-state index contributed by atoms with van der Waals surface area (Å²) in [6.45, 7) is 4.76. The number of ether oxygens (including phenoxy) is 1. The molecule has 1 rings (SSSR count). The Morgan fingerprint density at radius 1 is 1.55 bits per heavy atom. The van der Waals surface area contributed by atoms with E-state index >= 15 is 0 Å². The van der Waals surface area contributed by atoms with Crippen LogP contribution in [-0.2, 0) is 4.74 Å². The molecule has 0 aliphatic carbocycles. The smallest absolute Gasteiger partial charge is 0.408 e. The van der Waals surface area contributed by atoms with Gasteiger partial charge in [0.15, 0.2) is 5.82 Å².